The van der Waals surface area contributed by atoms with Crippen molar-refractivity contribution in [3.63, 3.8) is 0 Å². The molecular weight excluding hydrogens is 176 g/mol. The van der Waals surface area contributed by atoms with Crippen molar-refractivity contribution < 1.29 is 9.84 Å². The first-order chi connectivity index (χ1) is 6.49. The highest BCUT2D eigenvalue weighted by Crippen LogP contribution is 2.22. The van der Waals surface area contributed by atoms with Crippen LogP contribution in [0.15, 0.2) is 18.2 Å². The quantitative estimate of drug-likeness (QED) is 0.801. The molecule has 0 amide bonds. The summed E-state index contributed by atoms with van der Waals surface area (Å²) in [4.78, 5) is 0. The van der Waals surface area contributed by atoms with Crippen LogP contribution in [0.3, 0.4) is 0 Å². The smallest absolute Gasteiger partial charge is 0.120 e. The van der Waals surface area contributed by atoms with E-state index < -0.39 is 6.10 Å². The molecule has 0 aliphatic carbocycles. The Bertz CT molecular complexity index is 303. The highest BCUT2D eigenvalue weighted by atomic mass is 16.5. The number of rotatable bonds is 3. The number of benzene rings is 1. The summed E-state index contributed by atoms with van der Waals surface area (Å²) >= 11 is 0. The van der Waals surface area contributed by atoms with Gasteiger partial charge in [-0.1, -0.05) is 6.07 Å². The molecule has 0 spiro atoms. The van der Waals surface area contributed by atoms with Crippen LogP contribution < -0.4 is 4.74 Å². The molecule has 2 nitrogen and oxygen atoms in total. The zero-order valence-corrected chi connectivity index (χ0v) is 9.24. The summed E-state index contributed by atoms with van der Waals surface area (Å²) in [5.74, 6) is 0.830. The standard InChI is InChI=1S/C12H18O2/c1-8(2)14-12-6-9(3)5-11(7-12)10(4)13/h5-8,10,13H,1-4H3. The van der Waals surface area contributed by atoms with E-state index in [-0.39, 0.29) is 6.10 Å². The SMILES string of the molecule is Cc1cc(OC(C)C)cc(C(C)O)c1. The van der Waals surface area contributed by atoms with Crippen LogP contribution in [0.2, 0.25) is 0 Å². The summed E-state index contributed by atoms with van der Waals surface area (Å²) in [6, 6.07) is 5.83. The van der Waals surface area contributed by atoms with Crippen molar-refractivity contribution in [1.82, 2.24) is 0 Å². The van der Waals surface area contributed by atoms with Gasteiger partial charge in [-0.25, -0.2) is 0 Å². The maximum atomic E-state index is 9.45. The van der Waals surface area contributed by atoms with E-state index >= 15 is 0 Å². The highest BCUT2D eigenvalue weighted by molar-refractivity contribution is 5.34. The molecular formula is C12H18O2. The van der Waals surface area contributed by atoms with Crippen molar-refractivity contribution in [2.45, 2.75) is 39.9 Å². The molecule has 1 atom stereocenters. The van der Waals surface area contributed by atoms with Crippen molar-refractivity contribution in [1.29, 1.82) is 0 Å². The molecule has 14 heavy (non-hydrogen) atoms. The Hall–Kier alpha value is -1.02. The maximum Gasteiger partial charge on any atom is 0.120 e. The van der Waals surface area contributed by atoms with Gasteiger partial charge in [-0.3, -0.25) is 0 Å². The third-order valence-corrected chi connectivity index (χ3v) is 1.93. The number of ether oxygens (including phenoxy) is 1. The minimum atomic E-state index is -0.440. The predicted molar refractivity (Wildman–Crippen MR) is 57.6 cm³/mol. The first kappa shape index (κ1) is 11.1. The summed E-state index contributed by atoms with van der Waals surface area (Å²) in [5, 5.41) is 9.45. The second kappa shape index (κ2) is 4.47. The van der Waals surface area contributed by atoms with Gasteiger partial charge in [-0.05, 0) is 51.0 Å². The van der Waals surface area contributed by atoms with Crippen LogP contribution in [-0.4, -0.2) is 11.2 Å². The van der Waals surface area contributed by atoms with E-state index in [1.807, 2.05) is 39.0 Å². The van der Waals surface area contributed by atoms with Gasteiger partial charge in [-0.2, -0.15) is 0 Å². The van der Waals surface area contributed by atoms with Crippen molar-refractivity contribution in [2.24, 2.45) is 0 Å². The van der Waals surface area contributed by atoms with Gasteiger partial charge in [0.2, 0.25) is 0 Å². The summed E-state index contributed by atoms with van der Waals surface area (Å²) in [6.07, 6.45) is -0.275. The van der Waals surface area contributed by atoms with Crippen LogP contribution >= 0.6 is 0 Å². The topological polar surface area (TPSA) is 29.5 Å². The first-order valence-electron chi connectivity index (χ1n) is 4.95. The van der Waals surface area contributed by atoms with Crippen molar-refractivity contribution >= 4 is 0 Å². The van der Waals surface area contributed by atoms with Gasteiger partial charge in [-0.15, -0.1) is 0 Å². The van der Waals surface area contributed by atoms with Crippen LogP contribution in [0.4, 0.5) is 0 Å². The molecule has 1 aromatic rings. The fraction of sp³-hybridized carbons (Fsp3) is 0.500. The van der Waals surface area contributed by atoms with Crippen LogP contribution in [-0.2, 0) is 0 Å². The zero-order valence-electron chi connectivity index (χ0n) is 9.24. The zero-order chi connectivity index (χ0) is 10.7. The molecule has 1 rings (SSSR count). The third-order valence-electron chi connectivity index (χ3n) is 1.93. The lowest BCUT2D eigenvalue weighted by atomic mass is 10.1. The summed E-state index contributed by atoms with van der Waals surface area (Å²) in [5.41, 5.74) is 2.01. The molecule has 0 bridgehead atoms. The monoisotopic (exact) mass is 194 g/mol. The summed E-state index contributed by atoms with van der Waals surface area (Å²) in [7, 11) is 0. The lowest BCUT2D eigenvalue weighted by Crippen LogP contribution is -2.06. The third kappa shape index (κ3) is 3.04. The molecule has 0 fully saturated rings. The van der Waals surface area contributed by atoms with Crippen molar-refractivity contribution in [2.75, 3.05) is 0 Å². The van der Waals surface area contributed by atoms with Gasteiger partial charge in [0.15, 0.2) is 0 Å². The van der Waals surface area contributed by atoms with E-state index in [1.54, 1.807) is 6.92 Å². The van der Waals surface area contributed by atoms with Crippen molar-refractivity contribution in [3.8, 4) is 5.75 Å². The molecule has 0 heterocycles. The van der Waals surface area contributed by atoms with Gasteiger partial charge in [0, 0.05) is 0 Å². The van der Waals surface area contributed by atoms with Crippen LogP contribution in [0.1, 0.15) is 38.0 Å². The largest absolute Gasteiger partial charge is 0.491 e. The maximum absolute atomic E-state index is 9.45. The van der Waals surface area contributed by atoms with E-state index in [9.17, 15) is 5.11 Å². The van der Waals surface area contributed by atoms with E-state index in [4.69, 9.17) is 4.74 Å². The van der Waals surface area contributed by atoms with Crippen LogP contribution in [0, 0.1) is 6.92 Å². The highest BCUT2D eigenvalue weighted by Gasteiger charge is 2.05. The van der Waals surface area contributed by atoms with Gasteiger partial charge in [0.1, 0.15) is 5.75 Å². The van der Waals surface area contributed by atoms with Gasteiger partial charge in [0.25, 0.3) is 0 Å². The molecule has 1 aromatic carbocycles. The molecule has 0 saturated heterocycles. The lowest BCUT2D eigenvalue weighted by molar-refractivity contribution is 0.197. The van der Waals surface area contributed by atoms with Gasteiger partial charge >= 0.3 is 0 Å². The second-order valence-corrected chi connectivity index (χ2v) is 3.92. The lowest BCUT2D eigenvalue weighted by Gasteiger charge is -2.13. The predicted octanol–water partition coefficient (Wildman–Crippen LogP) is 2.84. The minimum absolute atomic E-state index is 0.165. The number of aliphatic hydroxyl groups excluding tert-OH is 1. The van der Waals surface area contributed by atoms with E-state index in [0.29, 0.717) is 0 Å². The first-order valence-corrected chi connectivity index (χ1v) is 4.95. The Morgan fingerprint density at radius 3 is 2.29 bits per heavy atom. The minimum Gasteiger partial charge on any atom is -0.491 e. The fourth-order valence-corrected chi connectivity index (χ4v) is 1.36. The molecule has 0 saturated carbocycles. The fourth-order valence-electron chi connectivity index (χ4n) is 1.36. The average molecular weight is 194 g/mol. The Kier molecular flexibility index (Phi) is 3.53. The number of aliphatic hydroxyl groups is 1. The Labute approximate surface area is 85.5 Å². The Morgan fingerprint density at radius 2 is 1.79 bits per heavy atom. The molecule has 2 heteroatoms. The summed E-state index contributed by atoms with van der Waals surface area (Å²) < 4.78 is 5.57. The number of aryl methyl sites for hydroxylation is 1. The van der Waals surface area contributed by atoms with E-state index in [0.717, 1.165) is 16.9 Å². The number of hydrogen-bond donors (Lipinski definition) is 1. The molecule has 1 unspecified atom stereocenters. The molecule has 0 aromatic heterocycles. The second-order valence-electron chi connectivity index (χ2n) is 3.92. The van der Waals surface area contributed by atoms with Gasteiger partial charge < -0.3 is 9.84 Å². The molecule has 1 N–H and O–H groups in total. The molecule has 0 radical (unpaired) electrons. The van der Waals surface area contributed by atoms with Gasteiger partial charge in [0.05, 0.1) is 12.2 Å². The van der Waals surface area contributed by atoms with Crippen LogP contribution in [0.25, 0.3) is 0 Å². The number of hydrogen-bond acceptors (Lipinski definition) is 2. The normalized spacial score (nSPS) is 13.0. The molecule has 0 aliphatic heterocycles. The van der Waals surface area contributed by atoms with Crippen molar-refractivity contribution in [3.05, 3.63) is 29.3 Å². The van der Waals surface area contributed by atoms with E-state index in [1.165, 1.54) is 0 Å². The summed E-state index contributed by atoms with van der Waals surface area (Å²) in [6.45, 7) is 7.74. The van der Waals surface area contributed by atoms with Crippen LogP contribution in [0.5, 0.6) is 5.75 Å². The average Bonchev–Trinajstić information content (AvgIpc) is 2.01. The van der Waals surface area contributed by atoms with E-state index in [2.05, 4.69) is 0 Å². The Morgan fingerprint density at radius 1 is 1.14 bits per heavy atom. The Balaban J connectivity index is 2.95. The molecule has 0 aliphatic rings. The molecule has 78 valence electrons.